The van der Waals surface area contributed by atoms with Crippen molar-refractivity contribution in [2.45, 2.75) is 33.0 Å². The van der Waals surface area contributed by atoms with Crippen LogP contribution in [0.15, 0.2) is 18.2 Å². The molecule has 0 unspecified atom stereocenters. The van der Waals surface area contributed by atoms with Crippen molar-refractivity contribution in [3.8, 4) is 0 Å². The molecule has 1 aromatic carbocycles. The molecule has 122 valence electrons. The van der Waals surface area contributed by atoms with Crippen LogP contribution < -0.4 is 10.2 Å². The van der Waals surface area contributed by atoms with Crippen LogP contribution in [0.3, 0.4) is 0 Å². The minimum absolute atomic E-state index is 0.0412. The van der Waals surface area contributed by atoms with Gasteiger partial charge in [-0.1, -0.05) is 11.6 Å². The van der Waals surface area contributed by atoms with Crippen LogP contribution in [-0.2, 0) is 15.8 Å². The minimum Gasteiger partial charge on any atom is -0.352 e. The number of alkyl halides is 3. The lowest BCUT2D eigenvalue weighted by Gasteiger charge is -2.23. The summed E-state index contributed by atoms with van der Waals surface area (Å²) in [6.45, 7) is 4.20. The summed E-state index contributed by atoms with van der Waals surface area (Å²) >= 11 is 5.88. The number of nitrogens with one attached hydrogen (secondary N) is 1. The molecule has 0 heterocycles. The summed E-state index contributed by atoms with van der Waals surface area (Å²) in [5.74, 6) is -1.07. The van der Waals surface area contributed by atoms with Crippen LogP contribution >= 0.6 is 11.6 Å². The van der Waals surface area contributed by atoms with E-state index in [1.54, 1.807) is 13.8 Å². The molecule has 0 aliphatic rings. The smallest absolute Gasteiger partial charge is 0.352 e. The van der Waals surface area contributed by atoms with Crippen LogP contribution in [0, 0.1) is 0 Å². The number of rotatable bonds is 4. The van der Waals surface area contributed by atoms with Crippen molar-refractivity contribution in [3.05, 3.63) is 28.8 Å². The first-order chi connectivity index (χ1) is 10.0. The van der Waals surface area contributed by atoms with Gasteiger partial charge in [0.2, 0.25) is 11.8 Å². The second kappa shape index (κ2) is 7.00. The number of anilines is 1. The van der Waals surface area contributed by atoms with Crippen LogP contribution in [0.25, 0.3) is 0 Å². The van der Waals surface area contributed by atoms with Crippen LogP contribution in [0.2, 0.25) is 5.02 Å². The largest absolute Gasteiger partial charge is 0.416 e. The lowest BCUT2D eigenvalue weighted by atomic mass is 10.1. The average molecular weight is 337 g/mol. The molecule has 1 aromatic rings. The molecule has 4 nitrogen and oxygen atoms in total. The van der Waals surface area contributed by atoms with Crippen molar-refractivity contribution in [2.75, 3.05) is 11.4 Å². The molecule has 8 heteroatoms. The SMILES string of the molecule is CC(=O)N(CC(=O)NC(C)C)c1cc(C(F)(F)F)ccc1Cl. The average Bonchev–Trinajstić information content (AvgIpc) is 2.34. The van der Waals surface area contributed by atoms with Gasteiger partial charge in [-0.3, -0.25) is 9.59 Å². The van der Waals surface area contributed by atoms with E-state index < -0.39 is 30.1 Å². The van der Waals surface area contributed by atoms with Gasteiger partial charge in [0, 0.05) is 13.0 Å². The third kappa shape index (κ3) is 4.91. The fraction of sp³-hybridized carbons (Fsp3) is 0.429. The van der Waals surface area contributed by atoms with E-state index >= 15 is 0 Å². The molecule has 2 amide bonds. The van der Waals surface area contributed by atoms with E-state index in [0.29, 0.717) is 0 Å². The van der Waals surface area contributed by atoms with E-state index in [-0.39, 0.29) is 16.8 Å². The maximum atomic E-state index is 12.8. The molecule has 1 N–H and O–H groups in total. The number of benzene rings is 1. The van der Waals surface area contributed by atoms with Crippen LogP contribution in [0.5, 0.6) is 0 Å². The van der Waals surface area contributed by atoms with Crippen molar-refractivity contribution in [1.29, 1.82) is 0 Å². The van der Waals surface area contributed by atoms with E-state index in [1.165, 1.54) is 0 Å². The minimum atomic E-state index is -4.57. The quantitative estimate of drug-likeness (QED) is 0.917. The Morgan fingerprint density at radius 2 is 1.91 bits per heavy atom. The molecule has 1 rings (SSSR count). The number of hydrogen-bond donors (Lipinski definition) is 1. The molecule has 0 radical (unpaired) electrons. The highest BCUT2D eigenvalue weighted by Crippen LogP contribution is 2.35. The number of carbonyl (C=O) groups excluding carboxylic acids is 2. The highest BCUT2D eigenvalue weighted by molar-refractivity contribution is 6.34. The molecule has 0 aromatic heterocycles. The van der Waals surface area contributed by atoms with E-state index in [9.17, 15) is 22.8 Å². The molecular weight excluding hydrogens is 321 g/mol. The van der Waals surface area contributed by atoms with Gasteiger partial charge >= 0.3 is 6.18 Å². The third-order valence-electron chi connectivity index (χ3n) is 2.70. The summed E-state index contributed by atoms with van der Waals surface area (Å²) in [7, 11) is 0. The topological polar surface area (TPSA) is 49.4 Å². The fourth-order valence-corrected chi connectivity index (χ4v) is 1.99. The van der Waals surface area contributed by atoms with Crippen molar-refractivity contribution in [3.63, 3.8) is 0 Å². The number of carbonyl (C=O) groups is 2. The Bertz CT molecular complexity index is 574. The van der Waals surface area contributed by atoms with Crippen LogP contribution in [0.4, 0.5) is 18.9 Å². The summed E-state index contributed by atoms with van der Waals surface area (Å²) in [5.41, 5.74) is -1.09. The van der Waals surface area contributed by atoms with Crippen molar-refractivity contribution < 1.29 is 22.8 Å². The van der Waals surface area contributed by atoms with Gasteiger partial charge in [0.25, 0.3) is 0 Å². The first kappa shape index (κ1) is 18.3. The van der Waals surface area contributed by atoms with Crippen molar-refractivity contribution in [1.82, 2.24) is 5.32 Å². The molecule has 0 fully saturated rings. The Morgan fingerprint density at radius 1 is 1.32 bits per heavy atom. The zero-order valence-corrected chi connectivity index (χ0v) is 13.0. The molecular formula is C14H16ClF3N2O2. The second-order valence-corrected chi connectivity index (χ2v) is 5.40. The monoisotopic (exact) mass is 336 g/mol. The van der Waals surface area contributed by atoms with E-state index in [2.05, 4.69) is 5.32 Å². The molecule has 0 spiro atoms. The molecule has 0 saturated carbocycles. The molecule has 0 bridgehead atoms. The summed E-state index contributed by atoms with van der Waals surface area (Å²) in [4.78, 5) is 24.4. The first-order valence-corrected chi connectivity index (χ1v) is 6.84. The van der Waals surface area contributed by atoms with Gasteiger partial charge in [-0.25, -0.2) is 0 Å². The Balaban J connectivity index is 3.16. The molecule has 0 atom stereocenters. The van der Waals surface area contributed by atoms with Gasteiger partial charge in [0.1, 0.15) is 6.54 Å². The Kier molecular flexibility index (Phi) is 5.82. The van der Waals surface area contributed by atoms with Crippen LogP contribution in [-0.4, -0.2) is 24.4 Å². The Hall–Kier alpha value is -1.76. The molecule has 22 heavy (non-hydrogen) atoms. The summed E-state index contributed by atoms with van der Waals surface area (Å²) in [6, 6.07) is 2.47. The predicted octanol–water partition coefficient (Wildman–Crippen LogP) is 3.24. The summed E-state index contributed by atoms with van der Waals surface area (Å²) in [6.07, 6.45) is -4.57. The van der Waals surface area contributed by atoms with Gasteiger partial charge < -0.3 is 10.2 Å². The summed E-state index contributed by atoms with van der Waals surface area (Å²) < 4.78 is 38.3. The summed E-state index contributed by atoms with van der Waals surface area (Å²) in [5, 5.41) is 2.52. The number of halogens is 4. The number of hydrogen-bond acceptors (Lipinski definition) is 2. The van der Waals surface area contributed by atoms with E-state index in [4.69, 9.17) is 11.6 Å². The maximum Gasteiger partial charge on any atom is 0.416 e. The van der Waals surface area contributed by atoms with Gasteiger partial charge in [-0.05, 0) is 32.0 Å². The van der Waals surface area contributed by atoms with Gasteiger partial charge in [0.15, 0.2) is 0 Å². The maximum absolute atomic E-state index is 12.8. The lowest BCUT2D eigenvalue weighted by molar-refractivity contribution is -0.137. The fourth-order valence-electron chi connectivity index (χ4n) is 1.77. The van der Waals surface area contributed by atoms with E-state index in [1.807, 2.05) is 0 Å². The zero-order valence-electron chi connectivity index (χ0n) is 12.3. The zero-order chi connectivity index (χ0) is 17.1. The van der Waals surface area contributed by atoms with Crippen molar-refractivity contribution in [2.24, 2.45) is 0 Å². The number of amides is 2. The lowest BCUT2D eigenvalue weighted by Crippen LogP contribution is -2.42. The van der Waals surface area contributed by atoms with Gasteiger partial charge in [-0.15, -0.1) is 0 Å². The third-order valence-corrected chi connectivity index (χ3v) is 3.02. The molecule has 0 aliphatic heterocycles. The van der Waals surface area contributed by atoms with E-state index in [0.717, 1.165) is 30.0 Å². The second-order valence-electron chi connectivity index (χ2n) is 4.99. The highest BCUT2D eigenvalue weighted by atomic mass is 35.5. The van der Waals surface area contributed by atoms with Gasteiger partial charge in [-0.2, -0.15) is 13.2 Å². The highest BCUT2D eigenvalue weighted by Gasteiger charge is 2.32. The number of nitrogens with zero attached hydrogens (tertiary/aromatic N) is 1. The first-order valence-electron chi connectivity index (χ1n) is 6.46. The standard InChI is InChI=1S/C14H16ClF3N2O2/c1-8(2)19-13(22)7-20(9(3)21)12-6-10(14(16,17)18)4-5-11(12)15/h4-6,8H,7H2,1-3H3,(H,19,22). The molecule has 0 aliphatic carbocycles. The normalized spacial score (nSPS) is 11.5. The van der Waals surface area contributed by atoms with Crippen molar-refractivity contribution >= 4 is 29.1 Å². The van der Waals surface area contributed by atoms with Gasteiger partial charge in [0.05, 0.1) is 16.3 Å². The predicted molar refractivity (Wildman–Crippen MR) is 77.8 cm³/mol. The Morgan fingerprint density at radius 3 is 2.36 bits per heavy atom. The van der Waals surface area contributed by atoms with Crippen LogP contribution in [0.1, 0.15) is 26.3 Å². The Labute approximate surface area is 131 Å². The molecule has 0 saturated heterocycles.